The van der Waals surface area contributed by atoms with Crippen LogP contribution in [0.4, 0.5) is 0 Å². The first kappa shape index (κ1) is 17.6. The zero-order valence-corrected chi connectivity index (χ0v) is 16.2. The summed E-state index contributed by atoms with van der Waals surface area (Å²) >= 11 is 1.64. The Morgan fingerprint density at radius 2 is 1.85 bits per heavy atom. The third kappa shape index (κ3) is 3.30. The number of hydrogen-bond donors (Lipinski definition) is 0. The Morgan fingerprint density at radius 3 is 2.59 bits per heavy atom. The van der Waals surface area contributed by atoms with Crippen LogP contribution in [0.25, 0.3) is 11.4 Å². The van der Waals surface area contributed by atoms with Crippen molar-refractivity contribution in [3.05, 3.63) is 54.1 Å². The molecule has 27 heavy (non-hydrogen) atoms. The molecule has 1 aliphatic heterocycles. The first-order valence-corrected chi connectivity index (χ1v) is 9.66. The highest BCUT2D eigenvalue weighted by Crippen LogP contribution is 2.35. The molecular formula is C20H20N4O2S. The molecule has 0 aliphatic carbocycles. The van der Waals surface area contributed by atoms with Gasteiger partial charge >= 0.3 is 0 Å². The van der Waals surface area contributed by atoms with Gasteiger partial charge in [0.15, 0.2) is 5.82 Å². The summed E-state index contributed by atoms with van der Waals surface area (Å²) in [4.78, 5) is 0. The molecule has 4 rings (SSSR count). The van der Waals surface area contributed by atoms with Crippen molar-refractivity contribution in [1.82, 2.24) is 14.9 Å². The molecule has 0 amide bonds. The highest BCUT2D eigenvalue weighted by Gasteiger charge is 2.27. The van der Waals surface area contributed by atoms with E-state index < -0.39 is 0 Å². The lowest BCUT2D eigenvalue weighted by Gasteiger charge is -2.21. The van der Waals surface area contributed by atoms with E-state index in [-0.39, 0.29) is 5.25 Å². The number of aromatic nitrogens is 3. The third-order valence-electron chi connectivity index (χ3n) is 4.30. The van der Waals surface area contributed by atoms with E-state index in [2.05, 4.69) is 17.1 Å². The Labute approximate surface area is 162 Å². The second-order valence-electron chi connectivity index (χ2n) is 6.02. The van der Waals surface area contributed by atoms with E-state index >= 15 is 0 Å². The van der Waals surface area contributed by atoms with Gasteiger partial charge in [0.1, 0.15) is 11.5 Å². The minimum Gasteiger partial charge on any atom is -0.497 e. The van der Waals surface area contributed by atoms with Crippen LogP contribution in [0.15, 0.2) is 58.8 Å². The van der Waals surface area contributed by atoms with Crippen molar-refractivity contribution in [2.24, 2.45) is 5.10 Å². The van der Waals surface area contributed by atoms with Gasteiger partial charge in [-0.2, -0.15) is 9.78 Å². The number of rotatable bonds is 5. The SMILES string of the molecule is CCOc1ccccc1C1=Nn2c(nnc2-c2ccc(OC)cc2)S[C@H]1C. The molecule has 0 saturated heterocycles. The smallest absolute Gasteiger partial charge is 0.213 e. The van der Waals surface area contributed by atoms with E-state index in [4.69, 9.17) is 14.6 Å². The summed E-state index contributed by atoms with van der Waals surface area (Å²) < 4.78 is 12.8. The van der Waals surface area contributed by atoms with Gasteiger partial charge in [0, 0.05) is 11.1 Å². The Bertz CT molecular complexity index is 982. The van der Waals surface area contributed by atoms with Crippen LogP contribution in [0.1, 0.15) is 19.4 Å². The minimum atomic E-state index is 0.145. The van der Waals surface area contributed by atoms with Gasteiger partial charge in [0.05, 0.1) is 24.7 Å². The molecule has 3 aromatic rings. The molecule has 0 fully saturated rings. The van der Waals surface area contributed by atoms with Crippen LogP contribution in [-0.4, -0.2) is 39.6 Å². The third-order valence-corrected chi connectivity index (χ3v) is 5.34. The predicted octanol–water partition coefficient (Wildman–Crippen LogP) is 4.10. The van der Waals surface area contributed by atoms with E-state index in [0.717, 1.165) is 33.5 Å². The van der Waals surface area contributed by atoms with Gasteiger partial charge in [0.2, 0.25) is 5.16 Å². The monoisotopic (exact) mass is 380 g/mol. The molecule has 138 valence electrons. The van der Waals surface area contributed by atoms with Gasteiger partial charge in [-0.25, -0.2) is 0 Å². The summed E-state index contributed by atoms with van der Waals surface area (Å²) in [5, 5.41) is 14.5. The van der Waals surface area contributed by atoms with Crippen molar-refractivity contribution in [1.29, 1.82) is 0 Å². The second-order valence-corrected chi connectivity index (χ2v) is 7.33. The number of para-hydroxylation sites is 1. The lowest BCUT2D eigenvalue weighted by atomic mass is 10.1. The van der Waals surface area contributed by atoms with Gasteiger partial charge in [-0.15, -0.1) is 10.2 Å². The van der Waals surface area contributed by atoms with Crippen LogP contribution in [-0.2, 0) is 0 Å². The van der Waals surface area contributed by atoms with Gasteiger partial charge in [-0.3, -0.25) is 0 Å². The van der Waals surface area contributed by atoms with Crippen LogP contribution >= 0.6 is 11.8 Å². The molecule has 2 heterocycles. The van der Waals surface area contributed by atoms with Crippen LogP contribution in [0, 0.1) is 0 Å². The average Bonchev–Trinajstić information content (AvgIpc) is 3.11. The quantitative estimate of drug-likeness (QED) is 0.667. The molecular weight excluding hydrogens is 360 g/mol. The molecule has 0 N–H and O–H groups in total. The predicted molar refractivity (Wildman–Crippen MR) is 107 cm³/mol. The largest absolute Gasteiger partial charge is 0.497 e. The first-order chi connectivity index (χ1) is 13.2. The fraction of sp³-hybridized carbons (Fsp3) is 0.250. The Balaban J connectivity index is 1.79. The Morgan fingerprint density at radius 1 is 1.07 bits per heavy atom. The van der Waals surface area contributed by atoms with E-state index in [9.17, 15) is 0 Å². The molecule has 2 aromatic carbocycles. The molecule has 0 radical (unpaired) electrons. The second kappa shape index (κ2) is 7.44. The van der Waals surface area contributed by atoms with E-state index in [1.807, 2.05) is 60.1 Å². The first-order valence-electron chi connectivity index (χ1n) is 8.78. The molecule has 1 aliphatic rings. The van der Waals surface area contributed by atoms with Gasteiger partial charge in [-0.1, -0.05) is 23.9 Å². The van der Waals surface area contributed by atoms with Crippen molar-refractivity contribution < 1.29 is 9.47 Å². The highest BCUT2D eigenvalue weighted by molar-refractivity contribution is 8.00. The Kier molecular flexibility index (Phi) is 4.85. The van der Waals surface area contributed by atoms with Gasteiger partial charge < -0.3 is 9.47 Å². The van der Waals surface area contributed by atoms with Crippen molar-refractivity contribution >= 4 is 17.5 Å². The molecule has 1 atom stereocenters. The molecule has 0 spiro atoms. The van der Waals surface area contributed by atoms with Crippen molar-refractivity contribution in [2.75, 3.05) is 13.7 Å². The summed E-state index contributed by atoms with van der Waals surface area (Å²) in [6, 6.07) is 15.7. The summed E-state index contributed by atoms with van der Waals surface area (Å²) in [7, 11) is 1.65. The van der Waals surface area contributed by atoms with Gasteiger partial charge in [0.25, 0.3) is 0 Å². The minimum absolute atomic E-state index is 0.145. The molecule has 0 bridgehead atoms. The maximum Gasteiger partial charge on any atom is 0.213 e. The summed E-state index contributed by atoms with van der Waals surface area (Å²) in [6.45, 7) is 4.72. The standard InChI is InChI=1S/C20H20N4O2S/c1-4-26-17-8-6-5-7-16(17)18-13(2)27-20-22-21-19(24(20)23-18)14-9-11-15(25-3)12-10-14/h5-13H,4H2,1-3H3/t13-/m0/s1. The molecule has 7 heteroatoms. The van der Waals surface area contributed by atoms with E-state index in [1.54, 1.807) is 18.9 Å². The average molecular weight is 380 g/mol. The topological polar surface area (TPSA) is 61.5 Å². The summed E-state index contributed by atoms with van der Waals surface area (Å²) in [5.41, 5.74) is 2.89. The van der Waals surface area contributed by atoms with Crippen molar-refractivity contribution in [3.8, 4) is 22.9 Å². The molecule has 1 aromatic heterocycles. The van der Waals surface area contributed by atoms with Crippen LogP contribution in [0.2, 0.25) is 0 Å². The number of ether oxygens (including phenoxy) is 2. The van der Waals surface area contributed by atoms with Crippen LogP contribution in [0.5, 0.6) is 11.5 Å². The fourth-order valence-corrected chi connectivity index (χ4v) is 3.90. The number of hydrogen-bond acceptors (Lipinski definition) is 6. The summed E-state index contributed by atoms with van der Waals surface area (Å²) in [5.74, 6) is 2.35. The molecule has 0 unspecified atom stereocenters. The zero-order chi connectivity index (χ0) is 18.8. The van der Waals surface area contributed by atoms with Crippen molar-refractivity contribution in [3.63, 3.8) is 0 Å². The molecule has 6 nitrogen and oxygen atoms in total. The summed E-state index contributed by atoms with van der Waals surface area (Å²) in [6.07, 6.45) is 0. The fourth-order valence-electron chi connectivity index (χ4n) is 2.98. The maximum absolute atomic E-state index is 5.80. The zero-order valence-electron chi connectivity index (χ0n) is 15.4. The normalized spacial score (nSPS) is 15.8. The number of nitrogens with zero attached hydrogens (tertiary/aromatic N) is 4. The van der Waals surface area contributed by atoms with Crippen molar-refractivity contribution in [2.45, 2.75) is 24.3 Å². The lowest BCUT2D eigenvalue weighted by molar-refractivity contribution is 0.339. The number of methoxy groups -OCH3 is 1. The van der Waals surface area contributed by atoms with E-state index in [1.165, 1.54) is 0 Å². The van der Waals surface area contributed by atoms with Crippen LogP contribution < -0.4 is 9.47 Å². The van der Waals surface area contributed by atoms with E-state index in [0.29, 0.717) is 12.4 Å². The molecule has 0 saturated carbocycles. The maximum atomic E-state index is 5.80. The van der Waals surface area contributed by atoms with Crippen LogP contribution in [0.3, 0.4) is 0 Å². The lowest BCUT2D eigenvalue weighted by Crippen LogP contribution is -2.22. The highest BCUT2D eigenvalue weighted by atomic mass is 32.2. The number of benzene rings is 2. The Hall–Kier alpha value is -2.80. The van der Waals surface area contributed by atoms with Gasteiger partial charge in [-0.05, 0) is 50.2 Å². The number of thioether (sulfide) groups is 1. The number of fused-ring (bicyclic) bond motifs is 1.